The zero-order chi connectivity index (χ0) is 36.0. The first-order chi connectivity index (χ1) is 26.1. The number of anilines is 1. The summed E-state index contributed by atoms with van der Waals surface area (Å²) in [4.78, 5) is 0. The van der Waals surface area contributed by atoms with Gasteiger partial charge >= 0.3 is 0 Å². The van der Waals surface area contributed by atoms with Gasteiger partial charge in [0.2, 0.25) is 0 Å². The molecule has 0 atom stereocenters. The number of nitrogens with two attached hydrogens (primary N) is 1. The Labute approximate surface area is 326 Å². The van der Waals surface area contributed by atoms with Crippen LogP contribution in [-0.2, 0) is 6.42 Å². The Morgan fingerprint density at radius 2 is 0.774 bits per heavy atom. The number of fused-ring (bicyclic) bond motifs is 6. The van der Waals surface area contributed by atoms with Gasteiger partial charge in [-0.3, -0.25) is 0 Å². The predicted octanol–water partition coefficient (Wildman–Crippen LogP) is 15.1. The topological polar surface area (TPSA) is 26.0 Å². The third-order valence-electron chi connectivity index (χ3n) is 9.27. The Hall–Kier alpha value is -5.52. The van der Waals surface area contributed by atoms with Gasteiger partial charge in [-0.15, -0.1) is 22.7 Å². The van der Waals surface area contributed by atoms with E-state index in [-0.39, 0.29) is 0 Å². The molecule has 0 spiro atoms. The minimum atomic E-state index is 0.805. The van der Waals surface area contributed by atoms with E-state index in [9.17, 15) is 0 Å². The first kappa shape index (κ1) is 34.6. The van der Waals surface area contributed by atoms with Crippen LogP contribution in [0.5, 0.6) is 0 Å². The van der Waals surface area contributed by atoms with Gasteiger partial charge in [-0.1, -0.05) is 168 Å². The maximum Gasteiger partial charge on any atom is 0.0366 e. The van der Waals surface area contributed by atoms with Crippen molar-refractivity contribution in [1.82, 2.24) is 0 Å². The normalized spacial score (nSPS) is 10.9. The molecule has 0 radical (unpaired) electrons. The second-order valence-electron chi connectivity index (χ2n) is 12.9. The summed E-state index contributed by atoms with van der Waals surface area (Å²) in [5.74, 6) is 0. The van der Waals surface area contributed by atoms with Gasteiger partial charge in [0, 0.05) is 50.5 Å². The number of nitrogen functional groups attached to an aromatic ring is 1. The second-order valence-corrected chi connectivity index (χ2v) is 16.0. The van der Waals surface area contributed by atoms with Crippen molar-refractivity contribution in [3.05, 3.63) is 210 Å². The van der Waals surface area contributed by atoms with Crippen molar-refractivity contribution in [2.24, 2.45) is 0 Å². The highest BCUT2D eigenvalue weighted by atomic mass is 79.9. The SMILES string of the molecule is Brc1ccc2c(c1)sc1ccccc12.Nc1ccc(-c2ccccc2)cc1.c1ccc(-c2ccc(Cc3ccc4c(c3)sc3ccccc34)cc2)cc1. The summed E-state index contributed by atoms with van der Waals surface area (Å²) in [6, 6.07) is 68.2. The molecule has 0 aliphatic heterocycles. The Morgan fingerprint density at radius 3 is 1.34 bits per heavy atom. The third-order valence-corrected chi connectivity index (χ3v) is 12.0. The Kier molecular flexibility index (Phi) is 10.4. The van der Waals surface area contributed by atoms with Crippen molar-refractivity contribution < 1.29 is 0 Å². The van der Waals surface area contributed by atoms with Crippen LogP contribution in [0.2, 0.25) is 0 Å². The van der Waals surface area contributed by atoms with Crippen LogP contribution in [0.1, 0.15) is 11.1 Å². The van der Waals surface area contributed by atoms with Gasteiger partial charge in [0.1, 0.15) is 0 Å². The van der Waals surface area contributed by atoms with Gasteiger partial charge in [0.05, 0.1) is 0 Å². The van der Waals surface area contributed by atoms with Crippen LogP contribution < -0.4 is 5.73 Å². The van der Waals surface area contributed by atoms with E-state index in [4.69, 9.17) is 5.73 Å². The summed E-state index contributed by atoms with van der Waals surface area (Å²) in [5.41, 5.74) is 14.1. The molecule has 0 aliphatic rings. The first-order valence-electron chi connectivity index (χ1n) is 17.6. The lowest BCUT2D eigenvalue weighted by Crippen LogP contribution is -1.88. The molecule has 4 heteroatoms. The minimum absolute atomic E-state index is 0.805. The maximum absolute atomic E-state index is 5.60. The molecule has 10 rings (SSSR count). The molecule has 2 N–H and O–H groups in total. The zero-order valence-electron chi connectivity index (χ0n) is 29.0. The van der Waals surface area contributed by atoms with E-state index in [1.165, 1.54) is 73.7 Å². The molecule has 2 aromatic heterocycles. The summed E-state index contributed by atoms with van der Waals surface area (Å²) in [6.45, 7) is 0. The number of benzene rings is 8. The van der Waals surface area contributed by atoms with Crippen molar-refractivity contribution in [1.29, 1.82) is 0 Å². The smallest absolute Gasteiger partial charge is 0.0366 e. The van der Waals surface area contributed by atoms with E-state index in [1.54, 1.807) is 0 Å². The number of halogens is 1. The summed E-state index contributed by atoms with van der Waals surface area (Å²) in [5, 5.41) is 5.45. The first-order valence-corrected chi connectivity index (χ1v) is 20.0. The molecule has 53 heavy (non-hydrogen) atoms. The lowest BCUT2D eigenvalue weighted by molar-refractivity contribution is 1.20. The highest BCUT2D eigenvalue weighted by molar-refractivity contribution is 9.10. The van der Waals surface area contributed by atoms with Crippen LogP contribution in [0.25, 0.3) is 62.6 Å². The van der Waals surface area contributed by atoms with Gasteiger partial charge in [0.15, 0.2) is 0 Å². The molecular formula is C49H36BrNS2. The van der Waals surface area contributed by atoms with Gasteiger partial charge < -0.3 is 5.73 Å². The summed E-state index contributed by atoms with van der Waals surface area (Å²) in [7, 11) is 0. The highest BCUT2D eigenvalue weighted by Gasteiger charge is 2.07. The molecule has 0 unspecified atom stereocenters. The minimum Gasteiger partial charge on any atom is -0.399 e. The molecule has 0 bridgehead atoms. The molecule has 0 saturated carbocycles. The molecule has 0 amide bonds. The Bertz CT molecular complexity index is 2750. The van der Waals surface area contributed by atoms with Crippen molar-refractivity contribution in [3.8, 4) is 22.3 Å². The number of hydrogen-bond acceptors (Lipinski definition) is 3. The van der Waals surface area contributed by atoms with Crippen LogP contribution in [0.3, 0.4) is 0 Å². The molecule has 2 heterocycles. The van der Waals surface area contributed by atoms with E-state index in [0.29, 0.717) is 0 Å². The fraction of sp³-hybridized carbons (Fsp3) is 0.0204. The Balaban J connectivity index is 0.000000125. The van der Waals surface area contributed by atoms with E-state index >= 15 is 0 Å². The summed E-state index contributed by atoms with van der Waals surface area (Å²) >= 11 is 7.23. The third kappa shape index (κ3) is 8.11. The van der Waals surface area contributed by atoms with E-state index in [1.807, 2.05) is 65.1 Å². The molecule has 256 valence electrons. The van der Waals surface area contributed by atoms with Crippen LogP contribution in [0, 0.1) is 0 Å². The molecule has 10 aromatic rings. The van der Waals surface area contributed by atoms with Crippen molar-refractivity contribution in [2.75, 3.05) is 5.73 Å². The van der Waals surface area contributed by atoms with Gasteiger partial charge in [-0.25, -0.2) is 0 Å². The summed E-state index contributed by atoms with van der Waals surface area (Å²) < 4.78 is 6.61. The van der Waals surface area contributed by atoms with Crippen molar-refractivity contribution in [3.63, 3.8) is 0 Å². The van der Waals surface area contributed by atoms with Gasteiger partial charge in [0.25, 0.3) is 0 Å². The van der Waals surface area contributed by atoms with Crippen LogP contribution in [0.15, 0.2) is 199 Å². The van der Waals surface area contributed by atoms with Crippen molar-refractivity contribution >= 4 is 84.6 Å². The fourth-order valence-corrected chi connectivity index (χ4v) is 9.40. The van der Waals surface area contributed by atoms with Crippen LogP contribution in [0.4, 0.5) is 5.69 Å². The molecule has 0 aliphatic carbocycles. The standard InChI is InChI=1S/C25H18S.C12H7BrS.C12H11N/c1-2-6-20(7-3-1)21-13-10-18(11-14-21)16-19-12-15-23-22-8-4-5-9-24(22)26-25(23)17-19;13-8-5-6-10-9-3-1-2-4-11(9)14-12(10)7-8;13-12-8-6-11(7-9-12)10-4-2-1-3-5-10/h1-15,17H,16H2;1-7H;1-9H,13H2. The molecule has 0 fully saturated rings. The van der Waals surface area contributed by atoms with E-state index in [2.05, 4.69) is 168 Å². The quantitative estimate of drug-likeness (QED) is 0.177. The van der Waals surface area contributed by atoms with Crippen molar-refractivity contribution in [2.45, 2.75) is 6.42 Å². The lowest BCUT2D eigenvalue weighted by atomic mass is 10.00. The molecule has 0 saturated heterocycles. The average Bonchev–Trinajstić information content (AvgIpc) is 3.77. The highest BCUT2D eigenvalue weighted by Crippen LogP contribution is 2.36. The Morgan fingerprint density at radius 1 is 0.358 bits per heavy atom. The fourth-order valence-electron chi connectivity index (χ4n) is 6.57. The number of thiophene rings is 2. The second kappa shape index (κ2) is 16.0. The maximum atomic E-state index is 5.60. The zero-order valence-corrected chi connectivity index (χ0v) is 32.2. The summed E-state index contributed by atoms with van der Waals surface area (Å²) in [6.07, 6.45) is 0.971. The van der Waals surface area contributed by atoms with E-state index < -0.39 is 0 Å². The molecule has 1 nitrogen and oxygen atoms in total. The lowest BCUT2D eigenvalue weighted by Gasteiger charge is -2.05. The van der Waals surface area contributed by atoms with Crippen LogP contribution in [-0.4, -0.2) is 0 Å². The molecule has 8 aromatic carbocycles. The average molecular weight is 783 g/mol. The van der Waals surface area contributed by atoms with Gasteiger partial charge in [-0.2, -0.15) is 0 Å². The number of rotatable bonds is 4. The largest absolute Gasteiger partial charge is 0.399 e. The van der Waals surface area contributed by atoms with Gasteiger partial charge in [-0.05, 0) is 82.3 Å². The van der Waals surface area contributed by atoms with E-state index in [0.717, 1.165) is 16.6 Å². The number of hydrogen-bond donors (Lipinski definition) is 1. The predicted molar refractivity (Wildman–Crippen MR) is 237 cm³/mol. The molecular weight excluding hydrogens is 747 g/mol. The van der Waals surface area contributed by atoms with Crippen LogP contribution >= 0.6 is 38.6 Å². The monoisotopic (exact) mass is 781 g/mol.